The number of rotatable bonds is 4. The summed E-state index contributed by atoms with van der Waals surface area (Å²) in [4.78, 5) is 9.07. The van der Waals surface area contributed by atoms with Crippen LogP contribution in [-0.4, -0.2) is 15.5 Å². The van der Waals surface area contributed by atoms with Crippen molar-refractivity contribution >= 4 is 0 Å². The number of hydrogen-bond donors (Lipinski definition) is 1. The highest BCUT2D eigenvalue weighted by Crippen LogP contribution is 2.31. The van der Waals surface area contributed by atoms with Gasteiger partial charge in [0.1, 0.15) is 5.82 Å². The normalized spacial score (nSPS) is 16.2. The predicted octanol–water partition coefficient (Wildman–Crippen LogP) is 2.63. The van der Waals surface area contributed by atoms with Gasteiger partial charge >= 0.3 is 0 Å². The molecule has 3 heteroatoms. The Labute approximate surface area is 104 Å². The number of nitrogens with zero attached hydrogens (tertiary/aromatic N) is 2. The van der Waals surface area contributed by atoms with Gasteiger partial charge in [-0.2, -0.15) is 0 Å². The van der Waals surface area contributed by atoms with Gasteiger partial charge in [-0.05, 0) is 46.5 Å². The largest absolute Gasteiger partial charge is 0.308 e. The minimum absolute atomic E-state index is 0.138. The molecule has 0 bridgehead atoms. The Hall–Kier alpha value is -0.960. The Morgan fingerprint density at radius 1 is 1.35 bits per heavy atom. The van der Waals surface area contributed by atoms with Crippen LogP contribution in [0.15, 0.2) is 6.20 Å². The summed E-state index contributed by atoms with van der Waals surface area (Å²) >= 11 is 0. The zero-order valence-corrected chi connectivity index (χ0v) is 11.4. The van der Waals surface area contributed by atoms with E-state index < -0.39 is 0 Å². The first kappa shape index (κ1) is 12.5. The third-order valence-electron chi connectivity index (χ3n) is 3.11. The van der Waals surface area contributed by atoms with E-state index in [-0.39, 0.29) is 5.54 Å². The van der Waals surface area contributed by atoms with Crippen molar-refractivity contribution < 1.29 is 0 Å². The van der Waals surface area contributed by atoms with Gasteiger partial charge in [0, 0.05) is 36.0 Å². The molecule has 1 aromatic rings. The van der Waals surface area contributed by atoms with Crippen LogP contribution in [0.4, 0.5) is 0 Å². The molecule has 0 amide bonds. The first-order valence-corrected chi connectivity index (χ1v) is 6.50. The lowest BCUT2D eigenvalue weighted by atomic mass is 10.1. The molecule has 1 aromatic heterocycles. The van der Waals surface area contributed by atoms with E-state index in [1.165, 1.54) is 18.4 Å². The maximum Gasteiger partial charge on any atom is 0.128 e. The molecular weight excluding hydrogens is 210 g/mol. The average Bonchev–Trinajstić information content (AvgIpc) is 2.99. The molecule has 1 heterocycles. The van der Waals surface area contributed by atoms with Crippen LogP contribution in [0.3, 0.4) is 0 Å². The third-order valence-corrected chi connectivity index (χ3v) is 3.11. The third kappa shape index (κ3) is 4.08. The van der Waals surface area contributed by atoms with Gasteiger partial charge in [0.15, 0.2) is 0 Å². The van der Waals surface area contributed by atoms with Crippen LogP contribution in [0.2, 0.25) is 0 Å². The van der Waals surface area contributed by atoms with Crippen molar-refractivity contribution in [3.05, 3.63) is 23.3 Å². The van der Waals surface area contributed by atoms with Crippen molar-refractivity contribution in [3.8, 4) is 0 Å². The highest BCUT2D eigenvalue weighted by atomic mass is 15.0. The molecule has 0 unspecified atom stereocenters. The molecule has 1 aliphatic carbocycles. The van der Waals surface area contributed by atoms with Crippen LogP contribution >= 0.6 is 0 Å². The zero-order valence-electron chi connectivity index (χ0n) is 11.4. The maximum absolute atomic E-state index is 4.60. The van der Waals surface area contributed by atoms with E-state index in [0.717, 1.165) is 30.4 Å². The van der Waals surface area contributed by atoms with Crippen molar-refractivity contribution in [1.29, 1.82) is 0 Å². The van der Waals surface area contributed by atoms with Gasteiger partial charge in [-0.15, -0.1) is 0 Å². The van der Waals surface area contributed by atoms with E-state index in [2.05, 4.69) is 43.0 Å². The van der Waals surface area contributed by atoms with Gasteiger partial charge < -0.3 is 5.32 Å². The quantitative estimate of drug-likeness (QED) is 0.868. The fourth-order valence-corrected chi connectivity index (χ4v) is 1.75. The Morgan fingerprint density at radius 2 is 2.06 bits per heavy atom. The van der Waals surface area contributed by atoms with Gasteiger partial charge in [0.2, 0.25) is 0 Å². The maximum atomic E-state index is 4.60. The summed E-state index contributed by atoms with van der Waals surface area (Å²) in [5.41, 5.74) is 2.46. The molecule has 1 fully saturated rings. The van der Waals surface area contributed by atoms with Crippen LogP contribution in [0.5, 0.6) is 0 Å². The van der Waals surface area contributed by atoms with E-state index in [1.54, 1.807) is 0 Å². The zero-order chi connectivity index (χ0) is 12.5. The Balaban J connectivity index is 1.98. The van der Waals surface area contributed by atoms with Crippen molar-refractivity contribution in [2.45, 2.75) is 59.0 Å². The van der Waals surface area contributed by atoms with Crippen LogP contribution in [0, 0.1) is 12.8 Å². The van der Waals surface area contributed by atoms with Crippen LogP contribution in [-0.2, 0) is 13.0 Å². The molecule has 1 aliphatic rings. The summed E-state index contributed by atoms with van der Waals surface area (Å²) in [6, 6.07) is 0. The lowest BCUT2D eigenvalue weighted by Crippen LogP contribution is -2.35. The molecular formula is C14H23N3. The van der Waals surface area contributed by atoms with Gasteiger partial charge in [0.25, 0.3) is 0 Å². The lowest BCUT2D eigenvalue weighted by Gasteiger charge is -2.21. The highest BCUT2D eigenvalue weighted by Gasteiger charge is 2.23. The first-order chi connectivity index (χ1) is 7.94. The van der Waals surface area contributed by atoms with Gasteiger partial charge in [-0.25, -0.2) is 9.97 Å². The molecule has 0 spiro atoms. The summed E-state index contributed by atoms with van der Waals surface area (Å²) in [5, 5.41) is 3.47. The van der Waals surface area contributed by atoms with Crippen LogP contribution in [0.25, 0.3) is 0 Å². The predicted molar refractivity (Wildman–Crippen MR) is 69.8 cm³/mol. The fourth-order valence-electron chi connectivity index (χ4n) is 1.75. The second-order valence-electron chi connectivity index (χ2n) is 6.15. The average molecular weight is 233 g/mol. The number of aryl methyl sites for hydroxylation is 1. The van der Waals surface area contributed by atoms with Crippen molar-refractivity contribution in [1.82, 2.24) is 15.3 Å². The number of aromatic nitrogens is 2. The molecule has 2 rings (SSSR count). The van der Waals surface area contributed by atoms with Crippen LogP contribution in [0.1, 0.15) is 50.7 Å². The van der Waals surface area contributed by atoms with Crippen molar-refractivity contribution in [3.63, 3.8) is 0 Å². The van der Waals surface area contributed by atoms with E-state index in [0.29, 0.717) is 0 Å². The fraction of sp³-hybridized carbons (Fsp3) is 0.714. The minimum Gasteiger partial charge on any atom is -0.308 e. The summed E-state index contributed by atoms with van der Waals surface area (Å²) in [5.74, 6) is 1.87. The first-order valence-electron chi connectivity index (χ1n) is 6.50. The molecule has 1 N–H and O–H groups in total. The summed E-state index contributed by atoms with van der Waals surface area (Å²) < 4.78 is 0. The second-order valence-corrected chi connectivity index (χ2v) is 6.15. The summed E-state index contributed by atoms with van der Waals surface area (Å²) in [6.45, 7) is 9.44. The smallest absolute Gasteiger partial charge is 0.128 e. The van der Waals surface area contributed by atoms with Gasteiger partial charge in [-0.3, -0.25) is 0 Å². The summed E-state index contributed by atoms with van der Waals surface area (Å²) in [6.07, 6.45) is 5.76. The van der Waals surface area contributed by atoms with Gasteiger partial charge in [0.05, 0.1) is 0 Å². The molecule has 1 saturated carbocycles. The van der Waals surface area contributed by atoms with Gasteiger partial charge in [-0.1, -0.05) is 0 Å². The Kier molecular flexibility index (Phi) is 3.48. The Bertz CT molecular complexity index is 389. The van der Waals surface area contributed by atoms with E-state index in [4.69, 9.17) is 0 Å². The van der Waals surface area contributed by atoms with E-state index in [1.807, 2.05) is 6.20 Å². The minimum atomic E-state index is 0.138. The second kappa shape index (κ2) is 4.73. The standard InChI is InChI=1S/C14H23N3/c1-10-12(9-16-14(2,3)4)8-15-13(17-10)7-11-5-6-11/h8,11,16H,5-7,9H2,1-4H3. The van der Waals surface area contributed by atoms with Crippen molar-refractivity contribution in [2.24, 2.45) is 5.92 Å². The molecule has 0 saturated heterocycles. The van der Waals surface area contributed by atoms with E-state index >= 15 is 0 Å². The molecule has 0 aliphatic heterocycles. The van der Waals surface area contributed by atoms with Crippen LogP contribution < -0.4 is 5.32 Å². The molecule has 3 nitrogen and oxygen atoms in total. The monoisotopic (exact) mass is 233 g/mol. The lowest BCUT2D eigenvalue weighted by molar-refractivity contribution is 0.423. The summed E-state index contributed by atoms with van der Waals surface area (Å²) in [7, 11) is 0. The molecule has 0 aromatic carbocycles. The highest BCUT2D eigenvalue weighted by molar-refractivity contribution is 5.16. The molecule has 94 valence electrons. The van der Waals surface area contributed by atoms with E-state index in [9.17, 15) is 0 Å². The van der Waals surface area contributed by atoms with Crippen molar-refractivity contribution in [2.75, 3.05) is 0 Å². The SMILES string of the molecule is Cc1nc(CC2CC2)ncc1CNC(C)(C)C. The molecule has 17 heavy (non-hydrogen) atoms. The Morgan fingerprint density at radius 3 is 2.59 bits per heavy atom. The number of hydrogen-bond acceptors (Lipinski definition) is 3. The molecule has 0 radical (unpaired) electrons. The molecule has 0 atom stereocenters. The number of nitrogens with one attached hydrogen (secondary N) is 1. The topological polar surface area (TPSA) is 37.8 Å².